The Morgan fingerprint density at radius 1 is 1.17 bits per heavy atom. The molecule has 1 aliphatic rings. The Bertz CT molecular complexity index is 701. The van der Waals surface area contributed by atoms with E-state index in [1.807, 2.05) is 18.2 Å². The molecule has 1 amide bonds. The van der Waals surface area contributed by atoms with Crippen molar-refractivity contribution in [3.63, 3.8) is 0 Å². The van der Waals surface area contributed by atoms with Crippen LogP contribution in [0.1, 0.15) is 18.4 Å². The fourth-order valence-corrected chi connectivity index (χ4v) is 2.78. The molecule has 1 N–H and O–H groups in total. The average Bonchev–Trinajstić information content (AvgIpc) is 3.05. The quantitative estimate of drug-likeness (QED) is 0.930. The lowest BCUT2D eigenvalue weighted by Crippen LogP contribution is -2.40. The number of rotatable bonds is 3. The minimum Gasteiger partial charge on any atom is -0.345 e. The third-order valence-electron chi connectivity index (χ3n) is 3.97. The van der Waals surface area contributed by atoms with Gasteiger partial charge in [0, 0.05) is 18.4 Å². The molecule has 24 heavy (non-hydrogen) atoms. The highest BCUT2D eigenvalue weighted by molar-refractivity contribution is 5.97. The number of anilines is 2. The largest absolute Gasteiger partial charge is 0.417 e. The SMILES string of the molecule is O=C(Nc1ccccc1)[C@H]1CCCN1c1ccc(C(F)(F)F)cn1. The van der Waals surface area contributed by atoms with Crippen LogP contribution in [0.2, 0.25) is 0 Å². The van der Waals surface area contributed by atoms with Crippen LogP contribution in [0.3, 0.4) is 0 Å². The Kier molecular flexibility index (Phi) is 4.42. The standard InChI is InChI=1S/C17H16F3N3O/c18-17(19,20)12-8-9-15(21-11-12)23-10-4-7-14(23)16(24)22-13-5-2-1-3-6-13/h1-3,5-6,8-9,11,14H,4,7,10H2,(H,22,24)/t14-/m1/s1. The van der Waals surface area contributed by atoms with Crippen molar-refractivity contribution in [2.75, 3.05) is 16.8 Å². The molecule has 1 atom stereocenters. The van der Waals surface area contributed by atoms with Crippen molar-refractivity contribution in [2.45, 2.75) is 25.1 Å². The number of pyridine rings is 1. The van der Waals surface area contributed by atoms with Gasteiger partial charge < -0.3 is 10.2 Å². The smallest absolute Gasteiger partial charge is 0.345 e. The summed E-state index contributed by atoms with van der Waals surface area (Å²) in [5, 5.41) is 2.83. The molecule has 4 nitrogen and oxygen atoms in total. The van der Waals surface area contributed by atoms with Gasteiger partial charge in [0.25, 0.3) is 0 Å². The van der Waals surface area contributed by atoms with Gasteiger partial charge in [0.1, 0.15) is 11.9 Å². The number of alkyl halides is 3. The van der Waals surface area contributed by atoms with Crippen LogP contribution in [0.25, 0.3) is 0 Å². The maximum Gasteiger partial charge on any atom is 0.417 e. The van der Waals surface area contributed by atoms with Crippen LogP contribution in [0.5, 0.6) is 0 Å². The van der Waals surface area contributed by atoms with Gasteiger partial charge in [-0.15, -0.1) is 0 Å². The fourth-order valence-electron chi connectivity index (χ4n) is 2.78. The lowest BCUT2D eigenvalue weighted by molar-refractivity contribution is -0.137. The average molecular weight is 335 g/mol. The molecule has 1 fully saturated rings. The Morgan fingerprint density at radius 2 is 1.92 bits per heavy atom. The molecule has 3 rings (SSSR count). The summed E-state index contributed by atoms with van der Waals surface area (Å²) >= 11 is 0. The number of para-hydroxylation sites is 1. The molecular formula is C17H16F3N3O. The third-order valence-corrected chi connectivity index (χ3v) is 3.97. The van der Waals surface area contributed by atoms with Gasteiger partial charge in [-0.3, -0.25) is 4.79 Å². The number of carbonyl (C=O) groups excluding carboxylic acids is 1. The summed E-state index contributed by atoms with van der Waals surface area (Å²) in [4.78, 5) is 18.1. The van der Waals surface area contributed by atoms with E-state index < -0.39 is 17.8 Å². The van der Waals surface area contributed by atoms with E-state index in [0.717, 1.165) is 18.7 Å². The molecule has 1 aromatic carbocycles. The van der Waals surface area contributed by atoms with Crippen molar-refractivity contribution < 1.29 is 18.0 Å². The monoisotopic (exact) mass is 335 g/mol. The summed E-state index contributed by atoms with van der Waals surface area (Å²) < 4.78 is 37.9. The van der Waals surface area contributed by atoms with E-state index >= 15 is 0 Å². The molecule has 2 aromatic rings. The molecule has 1 aromatic heterocycles. The van der Waals surface area contributed by atoms with Crippen LogP contribution in [-0.4, -0.2) is 23.5 Å². The maximum absolute atomic E-state index is 12.6. The molecule has 0 radical (unpaired) electrons. The first-order chi connectivity index (χ1) is 11.4. The van der Waals surface area contributed by atoms with Gasteiger partial charge in [0.15, 0.2) is 0 Å². The highest BCUT2D eigenvalue weighted by Crippen LogP contribution is 2.31. The van der Waals surface area contributed by atoms with Gasteiger partial charge >= 0.3 is 6.18 Å². The molecule has 0 aliphatic carbocycles. The lowest BCUT2D eigenvalue weighted by Gasteiger charge is -2.25. The van der Waals surface area contributed by atoms with Crippen LogP contribution >= 0.6 is 0 Å². The first-order valence-corrected chi connectivity index (χ1v) is 7.61. The van der Waals surface area contributed by atoms with E-state index in [1.165, 1.54) is 6.07 Å². The summed E-state index contributed by atoms with van der Waals surface area (Å²) in [6.45, 7) is 0.589. The predicted molar refractivity (Wildman–Crippen MR) is 84.7 cm³/mol. The highest BCUT2D eigenvalue weighted by atomic mass is 19.4. The van der Waals surface area contributed by atoms with Gasteiger partial charge in [0.2, 0.25) is 5.91 Å². The molecule has 7 heteroatoms. The van der Waals surface area contributed by atoms with Crippen molar-refractivity contribution >= 4 is 17.4 Å². The van der Waals surface area contributed by atoms with E-state index in [2.05, 4.69) is 10.3 Å². The molecule has 0 unspecified atom stereocenters. The summed E-state index contributed by atoms with van der Waals surface area (Å²) in [7, 11) is 0. The number of hydrogen-bond donors (Lipinski definition) is 1. The van der Waals surface area contributed by atoms with Crippen LogP contribution in [-0.2, 0) is 11.0 Å². The second kappa shape index (κ2) is 6.51. The minimum atomic E-state index is -4.42. The maximum atomic E-state index is 12.6. The molecular weight excluding hydrogens is 319 g/mol. The van der Waals surface area contributed by atoms with E-state index in [4.69, 9.17) is 0 Å². The van der Waals surface area contributed by atoms with Crippen molar-refractivity contribution in [3.05, 3.63) is 54.2 Å². The first kappa shape index (κ1) is 16.3. The highest BCUT2D eigenvalue weighted by Gasteiger charge is 2.34. The van der Waals surface area contributed by atoms with Crippen LogP contribution in [0, 0.1) is 0 Å². The van der Waals surface area contributed by atoms with Gasteiger partial charge in [0.05, 0.1) is 5.56 Å². The second-order valence-electron chi connectivity index (χ2n) is 5.61. The van der Waals surface area contributed by atoms with Gasteiger partial charge in [-0.2, -0.15) is 13.2 Å². The zero-order valence-electron chi connectivity index (χ0n) is 12.8. The summed E-state index contributed by atoms with van der Waals surface area (Å²) in [5.41, 5.74) is -0.106. The van der Waals surface area contributed by atoms with Gasteiger partial charge in [-0.25, -0.2) is 4.98 Å². The van der Waals surface area contributed by atoms with E-state index in [1.54, 1.807) is 17.0 Å². The molecule has 0 spiro atoms. The molecule has 0 bridgehead atoms. The van der Waals surface area contributed by atoms with Crippen molar-refractivity contribution in [1.29, 1.82) is 0 Å². The van der Waals surface area contributed by atoms with Crippen LogP contribution in [0.4, 0.5) is 24.7 Å². The summed E-state index contributed by atoms with van der Waals surface area (Å²) in [6.07, 6.45) is -2.18. The van der Waals surface area contributed by atoms with Crippen LogP contribution < -0.4 is 10.2 Å². The Labute approximate surface area is 137 Å². The third kappa shape index (κ3) is 3.50. The van der Waals surface area contributed by atoms with E-state index in [0.29, 0.717) is 24.5 Å². The molecule has 126 valence electrons. The number of carbonyl (C=O) groups is 1. The van der Waals surface area contributed by atoms with Gasteiger partial charge in [-0.05, 0) is 37.1 Å². The molecule has 0 saturated carbocycles. The normalized spacial score (nSPS) is 17.8. The fraction of sp³-hybridized carbons (Fsp3) is 0.294. The number of aromatic nitrogens is 1. The zero-order valence-corrected chi connectivity index (χ0v) is 12.8. The Balaban J connectivity index is 1.74. The summed E-state index contributed by atoms with van der Waals surface area (Å²) in [5.74, 6) is 0.203. The van der Waals surface area contributed by atoms with Crippen molar-refractivity contribution in [1.82, 2.24) is 4.98 Å². The number of nitrogens with zero attached hydrogens (tertiary/aromatic N) is 2. The number of amides is 1. The Hall–Kier alpha value is -2.57. The number of halogens is 3. The zero-order chi connectivity index (χ0) is 17.2. The van der Waals surface area contributed by atoms with Gasteiger partial charge in [-0.1, -0.05) is 18.2 Å². The van der Waals surface area contributed by atoms with E-state index in [9.17, 15) is 18.0 Å². The second-order valence-corrected chi connectivity index (χ2v) is 5.61. The molecule has 1 aliphatic heterocycles. The lowest BCUT2D eigenvalue weighted by atomic mass is 10.2. The Morgan fingerprint density at radius 3 is 2.54 bits per heavy atom. The number of hydrogen-bond acceptors (Lipinski definition) is 3. The first-order valence-electron chi connectivity index (χ1n) is 7.61. The minimum absolute atomic E-state index is 0.180. The topological polar surface area (TPSA) is 45.2 Å². The number of benzene rings is 1. The summed E-state index contributed by atoms with van der Waals surface area (Å²) in [6, 6.07) is 10.9. The predicted octanol–water partition coefficient (Wildman–Crippen LogP) is 3.71. The van der Waals surface area contributed by atoms with E-state index in [-0.39, 0.29) is 5.91 Å². The van der Waals surface area contributed by atoms with Crippen LogP contribution in [0.15, 0.2) is 48.7 Å². The number of nitrogens with one attached hydrogen (secondary N) is 1. The molecule has 1 saturated heterocycles. The van der Waals surface area contributed by atoms with Crippen molar-refractivity contribution in [2.24, 2.45) is 0 Å². The molecule has 2 heterocycles. The van der Waals surface area contributed by atoms with Crippen molar-refractivity contribution in [3.8, 4) is 0 Å².